The number of nitrogens with two attached hydrogens (primary N) is 1. The summed E-state index contributed by atoms with van der Waals surface area (Å²) in [4.78, 5) is 11.5. The summed E-state index contributed by atoms with van der Waals surface area (Å²) in [5.41, 5.74) is 7.05. The lowest BCUT2D eigenvalue weighted by Crippen LogP contribution is -2.24. The average molecular weight is 262 g/mol. The highest BCUT2D eigenvalue weighted by molar-refractivity contribution is 5.95. The van der Waals surface area contributed by atoms with E-state index >= 15 is 0 Å². The van der Waals surface area contributed by atoms with Crippen molar-refractivity contribution in [2.45, 2.75) is 38.7 Å². The van der Waals surface area contributed by atoms with E-state index in [2.05, 4.69) is 12.2 Å². The van der Waals surface area contributed by atoms with Crippen LogP contribution in [0.15, 0.2) is 18.2 Å². The number of anilines is 1. The van der Waals surface area contributed by atoms with E-state index in [0.29, 0.717) is 22.9 Å². The van der Waals surface area contributed by atoms with Gasteiger partial charge in [-0.25, -0.2) is 0 Å². The molecule has 2 rings (SSSR count). The van der Waals surface area contributed by atoms with E-state index in [1.165, 1.54) is 12.8 Å². The predicted molar refractivity (Wildman–Crippen MR) is 76.3 cm³/mol. The third kappa shape index (κ3) is 3.40. The second kappa shape index (κ2) is 5.95. The maximum atomic E-state index is 11.5. The van der Waals surface area contributed by atoms with Crippen molar-refractivity contribution in [2.24, 2.45) is 5.92 Å². The zero-order valence-electron chi connectivity index (χ0n) is 11.6. The quantitative estimate of drug-likeness (QED) is 0.823. The first-order valence-corrected chi connectivity index (χ1v) is 6.88. The van der Waals surface area contributed by atoms with E-state index < -0.39 is 0 Å². The van der Waals surface area contributed by atoms with E-state index in [4.69, 9.17) is 10.5 Å². The molecule has 1 aromatic rings. The molecule has 4 nitrogen and oxygen atoms in total. The molecule has 2 atom stereocenters. The van der Waals surface area contributed by atoms with Gasteiger partial charge >= 0.3 is 0 Å². The molecule has 1 aliphatic carbocycles. The van der Waals surface area contributed by atoms with E-state index in [1.807, 2.05) is 0 Å². The third-order valence-corrected chi connectivity index (χ3v) is 3.68. The predicted octanol–water partition coefficient (Wildman–Crippen LogP) is 2.59. The molecular formula is C15H22N2O2. The Morgan fingerprint density at radius 3 is 2.84 bits per heavy atom. The Morgan fingerprint density at radius 2 is 2.21 bits per heavy atom. The van der Waals surface area contributed by atoms with Crippen LogP contribution in [0.1, 0.15) is 43.0 Å². The number of hydrogen-bond donors (Lipinski definition) is 2. The highest BCUT2D eigenvalue weighted by atomic mass is 16.5. The molecule has 104 valence electrons. The monoisotopic (exact) mass is 262 g/mol. The van der Waals surface area contributed by atoms with Gasteiger partial charge in [-0.1, -0.05) is 13.3 Å². The first-order valence-electron chi connectivity index (χ1n) is 6.88. The van der Waals surface area contributed by atoms with Crippen LogP contribution in [-0.4, -0.2) is 19.1 Å². The van der Waals surface area contributed by atoms with Gasteiger partial charge in [-0.2, -0.15) is 0 Å². The summed E-state index contributed by atoms with van der Waals surface area (Å²) in [7, 11) is 1.60. The molecule has 0 spiro atoms. The second-order valence-electron chi connectivity index (χ2n) is 5.34. The summed E-state index contributed by atoms with van der Waals surface area (Å²) in [6.45, 7) is 2.26. The van der Waals surface area contributed by atoms with Crippen molar-refractivity contribution >= 4 is 11.6 Å². The van der Waals surface area contributed by atoms with Crippen molar-refractivity contribution in [3.8, 4) is 5.75 Å². The molecule has 1 aliphatic rings. The summed E-state index contributed by atoms with van der Waals surface area (Å²) >= 11 is 0. The number of nitrogens with one attached hydrogen (secondary N) is 1. The number of nitrogen functional groups attached to an aromatic ring is 1. The summed E-state index contributed by atoms with van der Waals surface area (Å²) in [5, 5.41) is 2.58. The van der Waals surface area contributed by atoms with Gasteiger partial charge in [0.25, 0.3) is 5.91 Å². The van der Waals surface area contributed by atoms with Crippen molar-refractivity contribution in [1.82, 2.24) is 5.32 Å². The van der Waals surface area contributed by atoms with Gasteiger partial charge in [-0.3, -0.25) is 4.79 Å². The smallest absolute Gasteiger partial charge is 0.251 e. The van der Waals surface area contributed by atoms with E-state index in [1.54, 1.807) is 25.2 Å². The van der Waals surface area contributed by atoms with Gasteiger partial charge < -0.3 is 15.8 Å². The van der Waals surface area contributed by atoms with Gasteiger partial charge in [-0.15, -0.1) is 0 Å². The van der Waals surface area contributed by atoms with Crippen molar-refractivity contribution < 1.29 is 9.53 Å². The minimum atomic E-state index is -0.135. The number of rotatable bonds is 3. The number of hydrogen-bond acceptors (Lipinski definition) is 3. The van der Waals surface area contributed by atoms with Gasteiger partial charge in [0.05, 0.1) is 11.8 Å². The van der Waals surface area contributed by atoms with Crippen LogP contribution in [0.3, 0.4) is 0 Å². The van der Waals surface area contributed by atoms with Crippen molar-refractivity contribution in [2.75, 3.05) is 12.8 Å². The lowest BCUT2D eigenvalue weighted by atomic mass is 9.89. The van der Waals surface area contributed by atoms with Crippen LogP contribution in [0.5, 0.6) is 5.75 Å². The van der Waals surface area contributed by atoms with Crippen molar-refractivity contribution in [3.05, 3.63) is 23.8 Å². The molecule has 1 aromatic carbocycles. The molecule has 0 radical (unpaired) electrons. The summed E-state index contributed by atoms with van der Waals surface area (Å²) < 4.78 is 5.97. The molecule has 4 heteroatoms. The molecule has 3 N–H and O–H groups in total. The van der Waals surface area contributed by atoms with E-state index in [9.17, 15) is 4.79 Å². The molecular weight excluding hydrogens is 240 g/mol. The Morgan fingerprint density at radius 1 is 1.42 bits per heavy atom. The molecule has 0 saturated heterocycles. The van der Waals surface area contributed by atoms with Crippen LogP contribution < -0.4 is 15.8 Å². The molecule has 0 aliphatic heterocycles. The molecule has 1 fully saturated rings. The van der Waals surface area contributed by atoms with E-state index in [0.717, 1.165) is 12.8 Å². The third-order valence-electron chi connectivity index (χ3n) is 3.68. The Kier molecular flexibility index (Phi) is 4.30. The molecule has 2 unspecified atom stereocenters. The SMILES string of the molecule is CNC(=O)c1ccc(OC2CCCC(C)C2)c(N)c1. The minimum absolute atomic E-state index is 0.135. The molecule has 0 heterocycles. The van der Waals surface area contributed by atoms with Crippen molar-refractivity contribution in [3.63, 3.8) is 0 Å². The molecule has 1 amide bonds. The maximum absolute atomic E-state index is 11.5. The molecule has 0 bridgehead atoms. The van der Waals surface area contributed by atoms with Gasteiger partial charge in [0.2, 0.25) is 0 Å². The second-order valence-corrected chi connectivity index (χ2v) is 5.34. The largest absolute Gasteiger partial charge is 0.488 e. The van der Waals surface area contributed by atoms with Crippen LogP contribution in [0.2, 0.25) is 0 Å². The van der Waals surface area contributed by atoms with Crippen LogP contribution in [0.25, 0.3) is 0 Å². The summed E-state index contributed by atoms with van der Waals surface area (Å²) in [6.07, 6.45) is 4.90. The topological polar surface area (TPSA) is 64.3 Å². The van der Waals surface area contributed by atoms with Gasteiger partial charge in [-0.05, 0) is 43.4 Å². The van der Waals surface area contributed by atoms with E-state index in [-0.39, 0.29) is 12.0 Å². The fourth-order valence-electron chi connectivity index (χ4n) is 2.61. The van der Waals surface area contributed by atoms with Crippen LogP contribution in [0.4, 0.5) is 5.69 Å². The highest BCUT2D eigenvalue weighted by Crippen LogP contribution is 2.30. The Bertz CT molecular complexity index is 459. The van der Waals surface area contributed by atoms with Gasteiger partial charge in [0.15, 0.2) is 0 Å². The van der Waals surface area contributed by atoms with Gasteiger partial charge in [0.1, 0.15) is 5.75 Å². The standard InChI is InChI=1S/C15H22N2O2/c1-10-4-3-5-12(8-10)19-14-7-6-11(9-13(14)16)15(18)17-2/h6-7,9-10,12H,3-5,8,16H2,1-2H3,(H,17,18). The molecule has 0 aromatic heterocycles. The Labute approximate surface area is 114 Å². The molecule has 1 saturated carbocycles. The van der Waals surface area contributed by atoms with Crippen molar-refractivity contribution in [1.29, 1.82) is 0 Å². The number of carbonyl (C=O) groups excluding carboxylic acids is 1. The van der Waals surface area contributed by atoms with Gasteiger partial charge in [0, 0.05) is 12.6 Å². The maximum Gasteiger partial charge on any atom is 0.251 e. The summed E-state index contributed by atoms with van der Waals surface area (Å²) in [5.74, 6) is 1.27. The highest BCUT2D eigenvalue weighted by Gasteiger charge is 2.21. The average Bonchev–Trinajstić information content (AvgIpc) is 2.40. The van der Waals surface area contributed by atoms with Crippen LogP contribution >= 0.6 is 0 Å². The fourth-order valence-corrected chi connectivity index (χ4v) is 2.61. The fraction of sp³-hybridized carbons (Fsp3) is 0.533. The normalized spacial score (nSPS) is 22.8. The zero-order valence-corrected chi connectivity index (χ0v) is 11.6. The Balaban J connectivity index is 2.06. The first-order chi connectivity index (χ1) is 9.10. The van der Waals surface area contributed by atoms with Crippen LogP contribution in [-0.2, 0) is 0 Å². The van der Waals surface area contributed by atoms with Crippen LogP contribution in [0, 0.1) is 5.92 Å². The summed E-state index contributed by atoms with van der Waals surface area (Å²) in [6, 6.07) is 5.20. The zero-order chi connectivity index (χ0) is 13.8. The minimum Gasteiger partial charge on any atom is -0.488 e. The lowest BCUT2D eigenvalue weighted by Gasteiger charge is -2.27. The lowest BCUT2D eigenvalue weighted by molar-refractivity contribution is 0.0963. The number of carbonyl (C=O) groups is 1. The first kappa shape index (κ1) is 13.7. The number of ether oxygens (including phenoxy) is 1. The Hall–Kier alpha value is -1.71. The number of amides is 1. The number of benzene rings is 1. The molecule has 19 heavy (non-hydrogen) atoms.